The third-order valence-electron chi connectivity index (χ3n) is 5.83. The molecule has 2 atom stereocenters. The smallest absolute Gasteiger partial charge is 0.255 e. The summed E-state index contributed by atoms with van der Waals surface area (Å²) in [5, 5.41) is 5.45. The molecule has 1 saturated carbocycles. The van der Waals surface area contributed by atoms with Gasteiger partial charge in [-0.05, 0) is 37.3 Å². The van der Waals surface area contributed by atoms with Crippen LogP contribution in [-0.2, 0) is 19.6 Å². The van der Waals surface area contributed by atoms with Crippen LogP contribution in [0.4, 0.5) is 0 Å². The van der Waals surface area contributed by atoms with Gasteiger partial charge in [0.15, 0.2) is 0 Å². The van der Waals surface area contributed by atoms with Crippen LogP contribution in [-0.4, -0.2) is 73.3 Å². The minimum atomic E-state index is -3.30. The molecule has 162 valence electrons. The molecule has 1 aliphatic carbocycles. The molecular weight excluding hydrogens is 408 g/mol. The summed E-state index contributed by atoms with van der Waals surface area (Å²) in [4.78, 5) is 39.6. The quantitative estimate of drug-likeness (QED) is 0.654. The van der Waals surface area contributed by atoms with Crippen LogP contribution in [0.5, 0.6) is 0 Å². The van der Waals surface area contributed by atoms with E-state index in [4.69, 9.17) is 0 Å². The van der Waals surface area contributed by atoms with E-state index in [9.17, 15) is 22.8 Å². The maximum Gasteiger partial charge on any atom is 0.255 e. The molecule has 4 rings (SSSR count). The van der Waals surface area contributed by atoms with Crippen LogP contribution in [0.15, 0.2) is 24.3 Å². The van der Waals surface area contributed by atoms with Gasteiger partial charge in [-0.1, -0.05) is 18.2 Å². The lowest BCUT2D eigenvalue weighted by Gasteiger charge is -2.31. The van der Waals surface area contributed by atoms with E-state index in [2.05, 4.69) is 10.6 Å². The topological polar surface area (TPSA) is 116 Å². The second-order valence-corrected chi connectivity index (χ2v) is 10.2. The summed E-state index contributed by atoms with van der Waals surface area (Å²) in [5.74, 6) is -0.892. The second-order valence-electron chi connectivity index (χ2n) is 8.18. The molecule has 3 aliphatic rings. The van der Waals surface area contributed by atoms with Gasteiger partial charge in [0.05, 0.1) is 12.8 Å². The fourth-order valence-corrected chi connectivity index (χ4v) is 5.15. The van der Waals surface area contributed by atoms with E-state index in [0.717, 1.165) is 19.1 Å². The Morgan fingerprint density at radius 1 is 1.17 bits per heavy atom. The number of carbonyl (C=O) groups is 3. The van der Waals surface area contributed by atoms with Crippen LogP contribution in [0, 0.1) is 0 Å². The fourth-order valence-electron chi connectivity index (χ4n) is 4.24. The molecule has 1 aromatic carbocycles. The number of nitrogens with zero attached hydrogens (tertiary/aromatic N) is 2. The summed E-state index contributed by atoms with van der Waals surface area (Å²) in [5.41, 5.74) is 1.21. The number of piperidine rings is 1. The van der Waals surface area contributed by atoms with Gasteiger partial charge in [-0.15, -0.1) is 0 Å². The molecule has 30 heavy (non-hydrogen) atoms. The number of hydrogen-bond donors (Lipinski definition) is 2. The average Bonchev–Trinajstić information content (AvgIpc) is 3.50. The first-order chi connectivity index (χ1) is 14.3. The van der Waals surface area contributed by atoms with E-state index in [1.807, 2.05) is 0 Å². The summed E-state index contributed by atoms with van der Waals surface area (Å²) < 4.78 is 24.8. The zero-order valence-electron chi connectivity index (χ0n) is 16.8. The molecule has 0 bridgehead atoms. The highest BCUT2D eigenvalue weighted by Gasteiger charge is 2.47. The molecule has 2 heterocycles. The molecular formula is C20H26N4O5S. The first kappa shape index (κ1) is 20.8. The third kappa shape index (κ3) is 4.20. The molecule has 0 aromatic heterocycles. The van der Waals surface area contributed by atoms with E-state index < -0.39 is 16.1 Å². The molecule has 2 fully saturated rings. The van der Waals surface area contributed by atoms with Crippen molar-refractivity contribution in [3.63, 3.8) is 0 Å². The molecule has 2 unspecified atom stereocenters. The van der Waals surface area contributed by atoms with Gasteiger partial charge in [-0.2, -0.15) is 0 Å². The number of benzene rings is 1. The van der Waals surface area contributed by atoms with Crippen molar-refractivity contribution in [2.24, 2.45) is 0 Å². The minimum Gasteiger partial charge on any atom is -0.351 e. The van der Waals surface area contributed by atoms with Crippen molar-refractivity contribution < 1.29 is 22.8 Å². The van der Waals surface area contributed by atoms with Gasteiger partial charge in [0.2, 0.25) is 21.8 Å². The second kappa shape index (κ2) is 7.99. The highest BCUT2D eigenvalue weighted by atomic mass is 32.2. The molecule has 10 heteroatoms. The predicted octanol–water partition coefficient (Wildman–Crippen LogP) is 0.00230. The first-order valence-electron chi connectivity index (χ1n) is 10.2. The standard InChI is InChI=1S/C20H26N4O5S/c1-30(28,29)23-10-4-5-13(12-23)22-17(25)11-21-19(26)18-15-6-2-3-7-16(15)20(27)24(18)14-8-9-14/h2-3,6-7,13-14,18H,4-5,8-12H2,1H3,(H,21,26)(H,22,25). The number of sulfonamides is 1. The first-order valence-corrected chi connectivity index (χ1v) is 12.0. The van der Waals surface area contributed by atoms with Crippen molar-refractivity contribution in [2.45, 2.75) is 43.8 Å². The van der Waals surface area contributed by atoms with E-state index in [1.165, 1.54) is 4.31 Å². The largest absolute Gasteiger partial charge is 0.351 e. The van der Waals surface area contributed by atoms with Crippen molar-refractivity contribution in [1.29, 1.82) is 0 Å². The van der Waals surface area contributed by atoms with Crippen LogP contribution in [0.2, 0.25) is 0 Å². The summed E-state index contributed by atoms with van der Waals surface area (Å²) in [6.07, 6.45) is 4.27. The number of hydrogen-bond acceptors (Lipinski definition) is 5. The lowest BCUT2D eigenvalue weighted by molar-refractivity contribution is -0.129. The number of fused-ring (bicyclic) bond motifs is 1. The number of amides is 3. The number of carbonyl (C=O) groups excluding carboxylic acids is 3. The highest BCUT2D eigenvalue weighted by molar-refractivity contribution is 7.88. The van der Waals surface area contributed by atoms with Crippen LogP contribution >= 0.6 is 0 Å². The van der Waals surface area contributed by atoms with Crippen molar-refractivity contribution in [1.82, 2.24) is 19.8 Å². The van der Waals surface area contributed by atoms with E-state index >= 15 is 0 Å². The summed E-state index contributed by atoms with van der Waals surface area (Å²) in [6, 6.07) is 6.15. The molecule has 1 saturated heterocycles. The lowest BCUT2D eigenvalue weighted by atomic mass is 10.0. The summed E-state index contributed by atoms with van der Waals surface area (Å²) >= 11 is 0. The highest BCUT2D eigenvalue weighted by Crippen LogP contribution is 2.41. The monoisotopic (exact) mass is 434 g/mol. The van der Waals surface area contributed by atoms with E-state index in [-0.39, 0.29) is 42.9 Å². The zero-order chi connectivity index (χ0) is 21.5. The Balaban J connectivity index is 1.36. The predicted molar refractivity (Wildman–Crippen MR) is 109 cm³/mol. The van der Waals surface area contributed by atoms with Crippen molar-refractivity contribution in [2.75, 3.05) is 25.9 Å². The van der Waals surface area contributed by atoms with Crippen LogP contribution in [0.1, 0.15) is 47.6 Å². The van der Waals surface area contributed by atoms with Gasteiger partial charge >= 0.3 is 0 Å². The van der Waals surface area contributed by atoms with Gasteiger partial charge in [0.25, 0.3) is 5.91 Å². The molecule has 2 N–H and O–H groups in total. The maximum atomic E-state index is 12.9. The maximum absolute atomic E-state index is 12.9. The number of rotatable bonds is 6. The van der Waals surface area contributed by atoms with Gasteiger partial charge in [0.1, 0.15) is 6.04 Å². The average molecular weight is 435 g/mol. The zero-order valence-corrected chi connectivity index (χ0v) is 17.7. The Hall–Kier alpha value is -2.46. The van der Waals surface area contributed by atoms with Gasteiger partial charge in [-0.3, -0.25) is 14.4 Å². The molecule has 9 nitrogen and oxygen atoms in total. The van der Waals surface area contributed by atoms with Gasteiger partial charge in [-0.25, -0.2) is 12.7 Å². The Kier molecular flexibility index (Phi) is 5.54. The Bertz CT molecular complexity index is 975. The number of nitrogens with one attached hydrogen (secondary N) is 2. The van der Waals surface area contributed by atoms with Gasteiger partial charge < -0.3 is 15.5 Å². The Morgan fingerprint density at radius 3 is 2.60 bits per heavy atom. The van der Waals surface area contributed by atoms with E-state index in [1.54, 1.807) is 29.2 Å². The Morgan fingerprint density at radius 2 is 1.90 bits per heavy atom. The summed E-state index contributed by atoms with van der Waals surface area (Å²) in [7, 11) is -3.30. The van der Waals surface area contributed by atoms with Crippen LogP contribution in [0.25, 0.3) is 0 Å². The van der Waals surface area contributed by atoms with Crippen molar-refractivity contribution in [3.05, 3.63) is 35.4 Å². The van der Waals surface area contributed by atoms with Crippen molar-refractivity contribution >= 4 is 27.7 Å². The Labute approximate surface area is 175 Å². The van der Waals surface area contributed by atoms with Crippen LogP contribution in [0.3, 0.4) is 0 Å². The molecule has 3 amide bonds. The molecule has 2 aliphatic heterocycles. The lowest BCUT2D eigenvalue weighted by Crippen LogP contribution is -2.51. The van der Waals surface area contributed by atoms with Gasteiger partial charge in [0, 0.05) is 30.7 Å². The SMILES string of the molecule is CS(=O)(=O)N1CCCC(NC(=O)CNC(=O)C2c3ccccc3C(=O)N2C2CC2)C1. The molecule has 1 aromatic rings. The summed E-state index contributed by atoms with van der Waals surface area (Å²) in [6.45, 7) is 0.464. The fraction of sp³-hybridized carbons (Fsp3) is 0.550. The molecule has 0 radical (unpaired) electrons. The van der Waals surface area contributed by atoms with Crippen LogP contribution < -0.4 is 10.6 Å². The molecule has 0 spiro atoms. The normalized spacial score (nSPS) is 24.4. The minimum absolute atomic E-state index is 0.0682. The third-order valence-corrected chi connectivity index (χ3v) is 7.10. The van der Waals surface area contributed by atoms with E-state index in [0.29, 0.717) is 30.5 Å². The van der Waals surface area contributed by atoms with Crippen molar-refractivity contribution in [3.8, 4) is 0 Å².